The largest absolute Gasteiger partial charge is 0.494 e. The van der Waals surface area contributed by atoms with Crippen molar-refractivity contribution in [3.05, 3.63) is 104 Å². The molecule has 0 aliphatic carbocycles. The Labute approximate surface area is 221 Å². The summed E-state index contributed by atoms with van der Waals surface area (Å²) < 4.78 is 15.3. The smallest absolute Gasteiger partial charge is 0.330 e. The SMILES string of the molecule is C=C.C=COOCC.CCOC(=O)/C=C/C=C/c1ccc(OCC)cc1.CCOc1ccc(C=O)cc1. The van der Waals surface area contributed by atoms with Crippen LogP contribution < -0.4 is 9.47 Å². The van der Waals surface area contributed by atoms with Crippen molar-refractivity contribution in [1.82, 2.24) is 0 Å². The van der Waals surface area contributed by atoms with E-state index in [-0.39, 0.29) is 5.97 Å². The molecule has 0 aliphatic rings. The molecule has 202 valence electrons. The Balaban J connectivity index is 0. The number of hydrogen-bond donors (Lipinski definition) is 0. The lowest BCUT2D eigenvalue weighted by atomic mass is 10.2. The van der Waals surface area contributed by atoms with Gasteiger partial charge in [0.25, 0.3) is 0 Å². The van der Waals surface area contributed by atoms with Crippen LogP contribution in [0.5, 0.6) is 11.5 Å². The molecule has 0 radical (unpaired) electrons. The Morgan fingerprint density at radius 3 is 1.65 bits per heavy atom. The minimum absolute atomic E-state index is 0.325. The van der Waals surface area contributed by atoms with Crippen molar-refractivity contribution in [2.24, 2.45) is 0 Å². The molecule has 0 unspecified atom stereocenters. The highest BCUT2D eigenvalue weighted by atomic mass is 17.2. The summed E-state index contributed by atoms with van der Waals surface area (Å²) in [5.41, 5.74) is 1.72. The minimum atomic E-state index is -0.325. The van der Waals surface area contributed by atoms with E-state index < -0.39 is 0 Å². The third-order valence-corrected chi connectivity index (χ3v) is 3.69. The molecule has 0 bridgehead atoms. The quantitative estimate of drug-likeness (QED) is 0.0348. The maximum absolute atomic E-state index is 11.0. The Morgan fingerprint density at radius 1 is 0.757 bits per heavy atom. The lowest BCUT2D eigenvalue weighted by molar-refractivity contribution is -0.244. The molecular formula is C30H40O7. The Bertz CT molecular complexity index is 885. The molecule has 0 atom stereocenters. The number of ether oxygens (including phenoxy) is 3. The summed E-state index contributed by atoms with van der Waals surface area (Å²) in [5.74, 6) is 1.34. The van der Waals surface area contributed by atoms with Gasteiger partial charge in [0.1, 0.15) is 24.0 Å². The van der Waals surface area contributed by atoms with E-state index in [1.165, 1.54) is 12.3 Å². The first kappa shape index (κ1) is 35.1. The van der Waals surface area contributed by atoms with Crippen molar-refractivity contribution in [2.75, 3.05) is 26.4 Å². The van der Waals surface area contributed by atoms with Gasteiger partial charge in [-0.05, 0) is 69.7 Å². The van der Waals surface area contributed by atoms with Crippen LogP contribution in [0.2, 0.25) is 0 Å². The van der Waals surface area contributed by atoms with Crippen LogP contribution in [-0.2, 0) is 19.3 Å². The minimum Gasteiger partial charge on any atom is -0.494 e. The summed E-state index contributed by atoms with van der Waals surface area (Å²) in [6, 6.07) is 14.8. The molecule has 0 saturated heterocycles. The van der Waals surface area contributed by atoms with E-state index in [4.69, 9.17) is 14.2 Å². The van der Waals surface area contributed by atoms with Crippen LogP contribution in [0, 0.1) is 0 Å². The Kier molecular flexibility index (Phi) is 25.1. The number of rotatable bonds is 12. The van der Waals surface area contributed by atoms with E-state index >= 15 is 0 Å². The van der Waals surface area contributed by atoms with Crippen molar-refractivity contribution < 1.29 is 33.6 Å². The van der Waals surface area contributed by atoms with Crippen LogP contribution in [0.1, 0.15) is 43.6 Å². The predicted octanol–water partition coefficient (Wildman–Crippen LogP) is 7.02. The molecule has 0 saturated carbocycles. The van der Waals surface area contributed by atoms with Crippen LogP contribution in [0.15, 0.2) is 92.8 Å². The number of esters is 1. The second-order valence-electron chi connectivity index (χ2n) is 6.26. The zero-order valence-corrected chi connectivity index (χ0v) is 22.4. The Hall–Kier alpha value is -4.10. The van der Waals surface area contributed by atoms with Gasteiger partial charge in [0.15, 0.2) is 0 Å². The fourth-order valence-electron chi connectivity index (χ4n) is 2.26. The molecule has 37 heavy (non-hydrogen) atoms. The van der Waals surface area contributed by atoms with E-state index in [1.54, 1.807) is 43.3 Å². The molecule has 0 spiro atoms. The molecule has 0 fully saturated rings. The molecule has 2 rings (SSSR count). The molecule has 2 aromatic rings. The van der Waals surface area contributed by atoms with Gasteiger partial charge in [-0.1, -0.05) is 36.9 Å². The summed E-state index contributed by atoms with van der Waals surface area (Å²) >= 11 is 0. The molecule has 0 aromatic heterocycles. The van der Waals surface area contributed by atoms with Crippen molar-refractivity contribution in [3.8, 4) is 11.5 Å². The highest BCUT2D eigenvalue weighted by Crippen LogP contribution is 2.13. The number of carbonyl (C=O) groups is 2. The molecule has 0 heterocycles. The van der Waals surface area contributed by atoms with Crippen molar-refractivity contribution in [2.45, 2.75) is 27.7 Å². The fourth-order valence-corrected chi connectivity index (χ4v) is 2.26. The molecule has 7 heteroatoms. The molecule has 0 amide bonds. The number of aldehydes is 1. The van der Waals surface area contributed by atoms with Gasteiger partial charge in [0.2, 0.25) is 0 Å². The first-order valence-electron chi connectivity index (χ1n) is 11.9. The second kappa shape index (κ2) is 26.5. The normalized spacial score (nSPS) is 9.41. The maximum Gasteiger partial charge on any atom is 0.330 e. The van der Waals surface area contributed by atoms with Crippen LogP contribution >= 0.6 is 0 Å². The number of allylic oxidation sites excluding steroid dienone is 2. The number of benzene rings is 2. The first-order valence-corrected chi connectivity index (χ1v) is 11.9. The van der Waals surface area contributed by atoms with Gasteiger partial charge in [-0.2, -0.15) is 4.89 Å². The third-order valence-electron chi connectivity index (χ3n) is 3.69. The molecular weight excluding hydrogens is 472 g/mol. The van der Waals surface area contributed by atoms with E-state index in [0.717, 1.165) is 23.3 Å². The summed E-state index contributed by atoms with van der Waals surface area (Å²) in [6.45, 7) is 19.0. The molecule has 7 nitrogen and oxygen atoms in total. The lowest BCUT2D eigenvalue weighted by Gasteiger charge is -2.01. The summed E-state index contributed by atoms with van der Waals surface area (Å²) in [6.07, 6.45) is 8.82. The highest BCUT2D eigenvalue weighted by Gasteiger charge is 1.93. The van der Waals surface area contributed by atoms with E-state index in [1.807, 2.05) is 51.1 Å². The number of hydrogen-bond acceptors (Lipinski definition) is 7. The highest BCUT2D eigenvalue weighted by molar-refractivity contribution is 5.82. The Morgan fingerprint density at radius 2 is 1.27 bits per heavy atom. The van der Waals surface area contributed by atoms with Crippen molar-refractivity contribution >= 4 is 18.3 Å². The van der Waals surface area contributed by atoms with Gasteiger partial charge in [-0.3, -0.25) is 4.79 Å². The van der Waals surface area contributed by atoms with Crippen LogP contribution in [0.4, 0.5) is 0 Å². The van der Waals surface area contributed by atoms with Crippen LogP contribution in [0.3, 0.4) is 0 Å². The van der Waals surface area contributed by atoms with E-state index in [9.17, 15) is 9.59 Å². The standard InChI is InChI=1S/C15H18O3.C9H10O2.C4H8O2.C2H4/c1-3-17-14-11-9-13(10-12-14)7-5-6-8-15(16)18-4-2;1-2-11-9-5-3-8(7-10)4-6-9;1-3-5-6-4-2;1-2/h5-12H,3-4H2,1-2H3;3-7H,2H2,1H3;3H,1,4H2,2H3;1-2H2/b7-5+,8-6+;;;. The first-order chi connectivity index (χ1) is 18.0. The molecule has 0 aliphatic heterocycles. The van der Waals surface area contributed by atoms with E-state index in [0.29, 0.717) is 32.0 Å². The average molecular weight is 513 g/mol. The van der Waals surface area contributed by atoms with Gasteiger partial charge >= 0.3 is 5.97 Å². The van der Waals surface area contributed by atoms with Gasteiger partial charge < -0.3 is 19.1 Å². The lowest BCUT2D eigenvalue weighted by Crippen LogP contribution is -1.98. The van der Waals surface area contributed by atoms with Gasteiger partial charge in [-0.25, -0.2) is 4.79 Å². The van der Waals surface area contributed by atoms with Crippen LogP contribution in [-0.4, -0.2) is 38.7 Å². The fraction of sp³-hybridized carbons (Fsp3) is 0.267. The molecule has 2 aromatic carbocycles. The van der Waals surface area contributed by atoms with Crippen molar-refractivity contribution in [3.63, 3.8) is 0 Å². The zero-order valence-electron chi connectivity index (χ0n) is 22.4. The predicted molar refractivity (Wildman–Crippen MR) is 150 cm³/mol. The third kappa shape index (κ3) is 20.9. The van der Waals surface area contributed by atoms with Crippen LogP contribution in [0.25, 0.3) is 6.08 Å². The zero-order chi connectivity index (χ0) is 28.2. The van der Waals surface area contributed by atoms with Crippen molar-refractivity contribution in [1.29, 1.82) is 0 Å². The second-order valence-corrected chi connectivity index (χ2v) is 6.26. The average Bonchev–Trinajstić information content (AvgIpc) is 2.93. The van der Waals surface area contributed by atoms with Gasteiger partial charge in [0, 0.05) is 11.6 Å². The summed E-state index contributed by atoms with van der Waals surface area (Å²) in [4.78, 5) is 29.9. The van der Waals surface area contributed by atoms with E-state index in [2.05, 4.69) is 29.5 Å². The summed E-state index contributed by atoms with van der Waals surface area (Å²) in [5, 5.41) is 0. The topological polar surface area (TPSA) is 80.3 Å². The van der Waals surface area contributed by atoms with Gasteiger partial charge in [0.05, 0.1) is 26.4 Å². The number of carbonyl (C=O) groups excluding carboxylic acids is 2. The molecule has 0 N–H and O–H groups in total. The maximum atomic E-state index is 11.0. The van der Waals surface area contributed by atoms with Gasteiger partial charge in [-0.15, -0.1) is 13.2 Å². The monoisotopic (exact) mass is 512 g/mol. The summed E-state index contributed by atoms with van der Waals surface area (Å²) in [7, 11) is 0.